The highest BCUT2D eigenvalue weighted by Crippen LogP contribution is 2.49. The molecule has 0 saturated heterocycles. The van der Waals surface area contributed by atoms with Gasteiger partial charge >= 0.3 is 24.2 Å². The monoisotopic (exact) mass is 680 g/mol. The van der Waals surface area contributed by atoms with Crippen LogP contribution < -0.4 is 0 Å². The number of amides is 1. The van der Waals surface area contributed by atoms with Crippen LogP contribution in [0.5, 0.6) is 0 Å². The molecule has 1 aromatic carbocycles. The van der Waals surface area contributed by atoms with E-state index in [0.29, 0.717) is 11.0 Å². The summed E-state index contributed by atoms with van der Waals surface area (Å²) >= 11 is 6.27. The fourth-order valence-corrected chi connectivity index (χ4v) is 4.67. The van der Waals surface area contributed by atoms with Crippen molar-refractivity contribution < 1.29 is 54.2 Å². The maximum absolute atomic E-state index is 14.1. The molecule has 1 amide bonds. The second kappa shape index (κ2) is 12.3. The number of esters is 1. The minimum atomic E-state index is -6.38. The lowest BCUT2D eigenvalue weighted by Crippen LogP contribution is -2.43. The number of nitrogens with zero attached hydrogens (tertiary/aromatic N) is 6. The average molecular weight is 681 g/mol. The first-order valence-electron chi connectivity index (χ1n) is 13.1. The Kier molecular flexibility index (Phi) is 9.22. The first kappa shape index (κ1) is 34.3. The smallest absolute Gasteiger partial charge is 0.444 e. The Bertz CT molecular complexity index is 1700. The Morgan fingerprint density at radius 3 is 2.39 bits per heavy atom. The minimum Gasteiger partial charge on any atom is -0.444 e. The van der Waals surface area contributed by atoms with Crippen LogP contribution in [0.15, 0.2) is 30.6 Å². The van der Waals surface area contributed by atoms with Gasteiger partial charge in [-0.25, -0.2) is 9.36 Å². The predicted octanol–water partition coefficient (Wildman–Crippen LogP) is 5.97. The largest absolute Gasteiger partial charge is 0.459 e. The van der Waals surface area contributed by atoms with Crippen molar-refractivity contribution in [1.29, 1.82) is 5.26 Å². The minimum absolute atomic E-state index is 0.0150. The van der Waals surface area contributed by atoms with E-state index in [1.54, 1.807) is 0 Å². The summed E-state index contributed by atoms with van der Waals surface area (Å²) in [5.41, 5.74) is -6.36. The summed E-state index contributed by atoms with van der Waals surface area (Å²) in [6, 6.07) is 5.75. The zero-order valence-corrected chi connectivity index (χ0v) is 24.2. The molecular weight excluding hydrogens is 660 g/mol. The molecule has 1 fully saturated rings. The number of alkyl halides is 8. The van der Waals surface area contributed by atoms with Crippen LogP contribution in [0, 0.1) is 11.3 Å². The number of unbranched alkanes of at least 4 members (excludes halogenated alkanes) is 1. The fraction of sp³-hybridized carbons (Fsp3) is 0.407. The molecule has 4 rings (SSSR count). The van der Waals surface area contributed by atoms with Gasteiger partial charge < -0.3 is 9.53 Å². The summed E-state index contributed by atoms with van der Waals surface area (Å²) < 4.78 is 115. The van der Waals surface area contributed by atoms with Crippen molar-refractivity contribution in [2.45, 2.75) is 55.9 Å². The van der Waals surface area contributed by atoms with E-state index in [-0.39, 0.29) is 58.5 Å². The lowest BCUT2D eigenvalue weighted by molar-refractivity contribution is -0.292. The Morgan fingerprint density at radius 2 is 1.83 bits per heavy atom. The standard InChI is InChI=1S/C27H21ClF8N6O4/c1-40-22(20(26(31,32)33)21(39-40)25(29,30)27(34,35)36)42-12-16(11-38-42)15-5-6-18(28)17(10-15)23(45)41(24(13-37)7-8-24)14-46-19(44)4-2-3-9-43/h5-6,9-12H,2-4,7-8,14H2,1H3. The SMILES string of the molecule is Cn1nc(C(F)(F)C(F)(F)F)c(C(F)(F)F)c1-n1cc(-c2ccc(Cl)c(C(=O)N(COC(=O)CCCC=O)C3(C#N)CC3)c2)cn1. The third-order valence-electron chi connectivity index (χ3n) is 7.03. The zero-order chi connectivity index (χ0) is 34.2. The van der Waals surface area contributed by atoms with Crippen LogP contribution in [0.1, 0.15) is 53.7 Å². The molecule has 46 heavy (non-hydrogen) atoms. The lowest BCUT2D eigenvalue weighted by atomic mass is 10.0. The highest BCUT2D eigenvalue weighted by atomic mass is 35.5. The van der Waals surface area contributed by atoms with E-state index in [4.69, 9.17) is 16.3 Å². The number of nitriles is 1. The molecule has 1 saturated carbocycles. The van der Waals surface area contributed by atoms with Crippen LogP contribution >= 0.6 is 11.6 Å². The number of benzene rings is 1. The predicted molar refractivity (Wildman–Crippen MR) is 140 cm³/mol. The molecule has 10 nitrogen and oxygen atoms in total. The summed E-state index contributed by atoms with van der Waals surface area (Å²) in [5.74, 6) is -8.77. The number of aldehydes is 1. The highest BCUT2D eigenvalue weighted by Gasteiger charge is 2.64. The van der Waals surface area contributed by atoms with Gasteiger partial charge in [0.25, 0.3) is 5.91 Å². The van der Waals surface area contributed by atoms with Gasteiger partial charge in [0.1, 0.15) is 17.4 Å². The van der Waals surface area contributed by atoms with Crippen molar-refractivity contribution in [2.75, 3.05) is 6.73 Å². The first-order chi connectivity index (χ1) is 21.4. The number of aromatic nitrogens is 4. The third kappa shape index (κ3) is 6.55. The molecule has 0 aliphatic heterocycles. The summed E-state index contributed by atoms with van der Waals surface area (Å²) in [6.45, 7) is -0.629. The zero-order valence-electron chi connectivity index (χ0n) is 23.4. The van der Waals surface area contributed by atoms with Gasteiger partial charge in [-0.2, -0.15) is 50.6 Å². The molecule has 0 N–H and O–H groups in total. The maximum atomic E-state index is 14.1. The molecule has 1 aliphatic rings. The van der Waals surface area contributed by atoms with E-state index < -0.39 is 59.5 Å². The van der Waals surface area contributed by atoms with E-state index in [1.165, 1.54) is 18.2 Å². The van der Waals surface area contributed by atoms with E-state index >= 15 is 0 Å². The van der Waals surface area contributed by atoms with Crippen LogP contribution in [0.3, 0.4) is 0 Å². The Labute approximate surface area is 259 Å². The van der Waals surface area contributed by atoms with Gasteiger partial charge in [0.15, 0.2) is 18.2 Å². The van der Waals surface area contributed by atoms with Crippen molar-refractivity contribution in [3.8, 4) is 23.0 Å². The molecule has 2 aromatic heterocycles. The second-order valence-corrected chi connectivity index (χ2v) is 10.6. The molecule has 3 aromatic rings. The number of carbonyl (C=O) groups is 3. The van der Waals surface area contributed by atoms with Gasteiger partial charge in [0.2, 0.25) is 0 Å². The van der Waals surface area contributed by atoms with Crippen LogP contribution in [-0.2, 0) is 33.5 Å². The van der Waals surface area contributed by atoms with Crippen molar-refractivity contribution in [2.24, 2.45) is 7.05 Å². The quantitative estimate of drug-likeness (QED) is 0.0804. The van der Waals surface area contributed by atoms with Crippen molar-refractivity contribution in [1.82, 2.24) is 24.5 Å². The lowest BCUT2D eigenvalue weighted by Gasteiger charge is -2.27. The van der Waals surface area contributed by atoms with Gasteiger partial charge in [-0.1, -0.05) is 17.7 Å². The first-order valence-corrected chi connectivity index (χ1v) is 13.5. The van der Waals surface area contributed by atoms with Gasteiger partial charge in [0.05, 0.1) is 22.9 Å². The molecule has 0 bridgehead atoms. The third-order valence-corrected chi connectivity index (χ3v) is 7.36. The van der Waals surface area contributed by atoms with Gasteiger partial charge in [-0.15, -0.1) is 0 Å². The van der Waals surface area contributed by atoms with Crippen LogP contribution in [0.4, 0.5) is 35.1 Å². The average Bonchev–Trinajstić information content (AvgIpc) is 3.43. The van der Waals surface area contributed by atoms with Crippen molar-refractivity contribution in [3.63, 3.8) is 0 Å². The normalized spacial score (nSPS) is 14.5. The fourth-order valence-electron chi connectivity index (χ4n) is 4.47. The van der Waals surface area contributed by atoms with Gasteiger partial charge in [-0.05, 0) is 37.0 Å². The van der Waals surface area contributed by atoms with E-state index in [0.717, 1.165) is 24.3 Å². The van der Waals surface area contributed by atoms with E-state index in [2.05, 4.69) is 10.2 Å². The number of aryl methyl sites for hydroxylation is 1. The van der Waals surface area contributed by atoms with Gasteiger partial charge in [-0.3, -0.25) is 14.5 Å². The molecule has 246 valence electrons. The number of hydrogen-bond donors (Lipinski definition) is 0. The summed E-state index contributed by atoms with van der Waals surface area (Å²) in [6.07, 6.45) is -8.93. The summed E-state index contributed by atoms with van der Waals surface area (Å²) in [4.78, 5) is 37.2. The maximum Gasteiger partial charge on any atom is 0.459 e. The Morgan fingerprint density at radius 1 is 1.15 bits per heavy atom. The number of ether oxygens (including phenoxy) is 1. The molecular formula is C27H21ClF8N6O4. The number of rotatable bonds is 11. The number of hydrogen-bond acceptors (Lipinski definition) is 7. The second-order valence-electron chi connectivity index (χ2n) is 10.2. The Balaban J connectivity index is 1.70. The molecule has 0 radical (unpaired) electrons. The number of carbonyl (C=O) groups excluding carboxylic acids is 3. The van der Waals surface area contributed by atoms with E-state index in [1.807, 2.05) is 6.07 Å². The van der Waals surface area contributed by atoms with Crippen LogP contribution in [0.25, 0.3) is 16.9 Å². The van der Waals surface area contributed by atoms with Gasteiger partial charge in [0, 0.05) is 31.6 Å². The molecule has 0 unspecified atom stereocenters. The molecule has 2 heterocycles. The van der Waals surface area contributed by atoms with Crippen molar-refractivity contribution >= 4 is 29.8 Å². The van der Waals surface area contributed by atoms with Crippen LogP contribution in [-0.4, -0.2) is 61.1 Å². The van der Waals surface area contributed by atoms with E-state index in [9.17, 15) is 54.8 Å². The summed E-state index contributed by atoms with van der Waals surface area (Å²) in [7, 11) is 0.730. The van der Waals surface area contributed by atoms with Crippen molar-refractivity contribution in [3.05, 3.63) is 52.4 Å². The topological polar surface area (TPSA) is 123 Å². The highest BCUT2D eigenvalue weighted by molar-refractivity contribution is 6.34. The molecule has 0 atom stereocenters. The molecule has 0 spiro atoms. The number of halogens is 9. The summed E-state index contributed by atoms with van der Waals surface area (Å²) in [5, 5.41) is 16.1. The molecule has 19 heteroatoms. The molecule has 1 aliphatic carbocycles. The Hall–Kier alpha value is -4.53. The van der Waals surface area contributed by atoms with Crippen LogP contribution in [0.2, 0.25) is 5.02 Å².